The molecule has 0 spiro atoms. The van der Waals surface area contributed by atoms with Gasteiger partial charge in [-0.3, -0.25) is 0 Å². The minimum atomic E-state index is 0.375. The van der Waals surface area contributed by atoms with E-state index in [2.05, 4.69) is 4.42 Å². The fourth-order valence-electron chi connectivity index (χ4n) is 0.358. The Hall–Kier alpha value is -0.855. The van der Waals surface area contributed by atoms with E-state index in [0.717, 1.165) is 0 Å². The van der Waals surface area contributed by atoms with E-state index in [0.29, 0.717) is 12.8 Å². The first kappa shape index (κ1) is 4.31. The first-order chi connectivity index (χ1) is 3.43. The SMILES string of the molecule is O=Bc1ccco1. The van der Waals surface area contributed by atoms with Crippen molar-refractivity contribution in [2.24, 2.45) is 0 Å². The maximum atomic E-state index is 9.77. The van der Waals surface area contributed by atoms with Gasteiger partial charge in [0.1, 0.15) is 0 Å². The molecule has 0 unspecified atom stereocenters. The summed E-state index contributed by atoms with van der Waals surface area (Å²) in [6, 6.07) is 3.27. The van der Waals surface area contributed by atoms with Crippen LogP contribution in [0.1, 0.15) is 0 Å². The van der Waals surface area contributed by atoms with Crippen LogP contribution >= 0.6 is 0 Å². The van der Waals surface area contributed by atoms with Gasteiger partial charge in [-0.25, -0.2) is 0 Å². The van der Waals surface area contributed by atoms with Gasteiger partial charge in [0.2, 0.25) is 0 Å². The predicted octanol–water partition coefficient (Wildman–Crippen LogP) is -0.0454. The van der Waals surface area contributed by atoms with Crippen LogP contribution < -0.4 is 5.66 Å². The van der Waals surface area contributed by atoms with Crippen LogP contribution in [0.3, 0.4) is 0 Å². The fourth-order valence-corrected chi connectivity index (χ4v) is 0.358. The van der Waals surface area contributed by atoms with Crippen molar-refractivity contribution in [3.63, 3.8) is 0 Å². The zero-order chi connectivity index (χ0) is 5.11. The molecule has 0 aromatic carbocycles. The van der Waals surface area contributed by atoms with Crippen molar-refractivity contribution in [1.82, 2.24) is 0 Å². The Morgan fingerprint density at radius 1 is 1.71 bits per heavy atom. The van der Waals surface area contributed by atoms with Gasteiger partial charge in [0.15, 0.2) is 0 Å². The van der Waals surface area contributed by atoms with E-state index in [1.165, 1.54) is 6.26 Å². The van der Waals surface area contributed by atoms with Crippen molar-refractivity contribution in [3.8, 4) is 0 Å². The van der Waals surface area contributed by atoms with Crippen molar-refractivity contribution in [2.75, 3.05) is 0 Å². The van der Waals surface area contributed by atoms with Crippen molar-refractivity contribution in [1.29, 1.82) is 0 Å². The molecule has 0 N–H and O–H groups in total. The van der Waals surface area contributed by atoms with Gasteiger partial charge >= 0.3 is 40.3 Å². The van der Waals surface area contributed by atoms with Crippen LogP contribution in [0.15, 0.2) is 22.8 Å². The number of furan rings is 1. The van der Waals surface area contributed by atoms with Crippen LogP contribution in [0.4, 0.5) is 0 Å². The van der Waals surface area contributed by atoms with Crippen molar-refractivity contribution >= 4 is 12.8 Å². The van der Waals surface area contributed by atoms with E-state index >= 15 is 0 Å². The second-order valence-electron chi connectivity index (χ2n) is 1.13. The Morgan fingerprint density at radius 2 is 2.57 bits per heavy atom. The molecule has 1 rings (SSSR count). The van der Waals surface area contributed by atoms with Gasteiger partial charge in [0.25, 0.3) is 0 Å². The van der Waals surface area contributed by atoms with Gasteiger partial charge in [-0.1, -0.05) is 0 Å². The molecule has 0 aliphatic heterocycles. The third-order valence-electron chi connectivity index (χ3n) is 0.659. The first-order valence-electron chi connectivity index (χ1n) is 1.92. The number of hydrogen-bond donors (Lipinski definition) is 0. The molecule has 2 nitrogen and oxygen atoms in total. The van der Waals surface area contributed by atoms with Gasteiger partial charge in [0.05, 0.1) is 0 Å². The second-order valence-corrected chi connectivity index (χ2v) is 1.13. The van der Waals surface area contributed by atoms with Crippen molar-refractivity contribution in [2.45, 2.75) is 0 Å². The summed E-state index contributed by atoms with van der Waals surface area (Å²) in [6.07, 6.45) is 1.46. The normalized spacial score (nSPS) is 8.00. The summed E-state index contributed by atoms with van der Waals surface area (Å²) >= 11 is 0. The van der Waals surface area contributed by atoms with Gasteiger partial charge in [0, 0.05) is 0 Å². The molecule has 0 bridgehead atoms. The quantitative estimate of drug-likeness (QED) is 0.457. The molecule has 0 saturated heterocycles. The average molecular weight is 93.9 g/mol. The summed E-state index contributed by atoms with van der Waals surface area (Å²) < 4.78 is 14.4. The fraction of sp³-hybridized carbons (Fsp3) is 0. The summed E-state index contributed by atoms with van der Waals surface area (Å²) in [5, 5.41) is 0. The predicted molar refractivity (Wildman–Crippen MR) is 24.8 cm³/mol. The molecule has 0 saturated carbocycles. The van der Waals surface area contributed by atoms with Gasteiger partial charge < -0.3 is 0 Å². The summed E-state index contributed by atoms with van der Waals surface area (Å²) in [5.41, 5.74) is 0.375. The van der Waals surface area contributed by atoms with E-state index in [-0.39, 0.29) is 0 Å². The Balaban J connectivity index is 2.96. The molecule has 0 aliphatic carbocycles. The Bertz CT molecular complexity index is 145. The molecule has 1 aromatic heterocycles. The number of hydrogen-bond acceptors (Lipinski definition) is 2. The molecule has 7 heavy (non-hydrogen) atoms. The standard InChI is InChI=1S/C4H3BO2/c6-5-4-2-1-3-7-4/h1-3H. The van der Waals surface area contributed by atoms with E-state index in [4.69, 9.17) is 0 Å². The molecule has 0 radical (unpaired) electrons. The van der Waals surface area contributed by atoms with Gasteiger partial charge in [-0.2, -0.15) is 0 Å². The van der Waals surface area contributed by atoms with Crippen LogP contribution in [0.25, 0.3) is 0 Å². The van der Waals surface area contributed by atoms with Crippen molar-refractivity contribution < 1.29 is 9.12 Å². The summed E-state index contributed by atoms with van der Waals surface area (Å²) in [4.78, 5) is 0. The molecule has 3 heteroatoms. The molecule has 1 aromatic rings. The number of rotatable bonds is 1. The molecule has 0 amide bonds. The van der Waals surface area contributed by atoms with Crippen LogP contribution in [0.2, 0.25) is 0 Å². The van der Waals surface area contributed by atoms with Gasteiger partial charge in [-0.15, -0.1) is 0 Å². The molecule has 1 heterocycles. The monoisotopic (exact) mass is 94.0 g/mol. The van der Waals surface area contributed by atoms with E-state index < -0.39 is 0 Å². The molecule has 0 atom stereocenters. The Morgan fingerprint density at radius 3 is 2.86 bits per heavy atom. The third kappa shape index (κ3) is 0.767. The molecule has 0 fully saturated rings. The van der Waals surface area contributed by atoms with E-state index in [9.17, 15) is 4.70 Å². The maximum absolute atomic E-state index is 9.77. The summed E-state index contributed by atoms with van der Waals surface area (Å²) in [5.74, 6) is 0. The Labute approximate surface area is 41.4 Å². The summed E-state index contributed by atoms with van der Waals surface area (Å²) in [7, 11) is 0.667. The molecule has 0 aliphatic rings. The summed E-state index contributed by atoms with van der Waals surface area (Å²) in [6.45, 7) is 0. The molecular weight excluding hydrogens is 90.9 g/mol. The minimum absolute atomic E-state index is 0.375. The van der Waals surface area contributed by atoms with Crippen LogP contribution in [0, 0.1) is 0 Å². The van der Waals surface area contributed by atoms with Gasteiger partial charge in [-0.05, 0) is 0 Å². The van der Waals surface area contributed by atoms with Crippen molar-refractivity contribution in [3.05, 3.63) is 18.4 Å². The zero-order valence-corrected chi connectivity index (χ0v) is 3.63. The molecule has 34 valence electrons. The van der Waals surface area contributed by atoms with E-state index in [1.54, 1.807) is 12.1 Å². The average Bonchev–Trinajstić information content (AvgIpc) is 2.14. The Kier molecular flexibility index (Phi) is 1.07. The third-order valence-corrected chi connectivity index (χ3v) is 0.659. The zero-order valence-electron chi connectivity index (χ0n) is 3.63. The topological polar surface area (TPSA) is 30.2 Å². The molecular formula is C4H3BO2. The van der Waals surface area contributed by atoms with E-state index in [1.807, 2.05) is 0 Å². The second kappa shape index (κ2) is 1.73. The van der Waals surface area contributed by atoms with Crippen LogP contribution in [0.5, 0.6) is 0 Å². The van der Waals surface area contributed by atoms with Crippen LogP contribution in [-0.4, -0.2) is 7.15 Å². The van der Waals surface area contributed by atoms with Crippen LogP contribution in [-0.2, 0) is 4.70 Å². The first-order valence-corrected chi connectivity index (χ1v) is 1.92.